The Hall–Kier alpha value is -2.72. The average molecular weight is 370 g/mol. The maximum Gasteiger partial charge on any atom is 0.417 e. The molecule has 0 saturated heterocycles. The second-order valence-electron chi connectivity index (χ2n) is 5.07. The molecular weight excluding hydrogens is 358 g/mol. The lowest BCUT2D eigenvalue weighted by molar-refractivity contribution is 0.306. The quantitative estimate of drug-likeness (QED) is 0.710. The second kappa shape index (κ2) is 6.30. The number of fused-ring (bicyclic) bond motifs is 1. The Morgan fingerprint density at radius 2 is 1.92 bits per heavy atom. The molecule has 2 N–H and O–H groups in total. The highest BCUT2D eigenvalue weighted by molar-refractivity contribution is 7.92. The second-order valence-corrected chi connectivity index (χ2v) is 6.93. The van der Waals surface area contributed by atoms with Crippen LogP contribution in [0.5, 0.6) is 0 Å². The molecule has 0 bridgehead atoms. The number of aliphatic hydroxyl groups excluding tert-OH is 1. The zero-order chi connectivity index (χ0) is 18.2. The molecule has 10 heteroatoms. The third-order valence-electron chi connectivity index (χ3n) is 3.46. The minimum absolute atomic E-state index is 0.148. The number of sulfonamides is 1. The predicted molar refractivity (Wildman–Crippen MR) is 84.8 cm³/mol. The molecule has 3 rings (SSSR count). The van der Waals surface area contributed by atoms with E-state index in [0.29, 0.717) is 10.4 Å². The van der Waals surface area contributed by atoms with Gasteiger partial charge in [0.1, 0.15) is 11.6 Å². The van der Waals surface area contributed by atoms with Crippen LogP contribution in [0, 0.1) is 11.6 Å². The van der Waals surface area contributed by atoms with Crippen LogP contribution >= 0.6 is 0 Å². The van der Waals surface area contributed by atoms with E-state index in [0.717, 1.165) is 18.2 Å². The van der Waals surface area contributed by atoms with Gasteiger partial charge in [-0.15, -0.1) is 0 Å². The number of aromatic amines is 1. The lowest BCUT2D eigenvalue weighted by atomic mass is 10.3. The Morgan fingerprint density at radius 3 is 2.60 bits per heavy atom. The largest absolute Gasteiger partial charge is 0.417 e. The number of nitrogens with zero attached hydrogens (tertiary/aromatic N) is 1. The van der Waals surface area contributed by atoms with Crippen LogP contribution in [-0.2, 0) is 10.0 Å². The molecule has 0 saturated carbocycles. The molecule has 132 valence electrons. The molecular formula is C15H12F2N2O5S. The van der Waals surface area contributed by atoms with Crippen LogP contribution in [0.3, 0.4) is 0 Å². The van der Waals surface area contributed by atoms with Crippen LogP contribution in [-0.4, -0.2) is 31.7 Å². The zero-order valence-electron chi connectivity index (χ0n) is 12.6. The van der Waals surface area contributed by atoms with Gasteiger partial charge in [0.2, 0.25) is 0 Å². The van der Waals surface area contributed by atoms with Gasteiger partial charge in [-0.05, 0) is 30.3 Å². The standard InChI is InChI=1S/C15H12F2N2O5S/c16-9-1-3-13(11(17)7-9)19(5-6-20)25(22,23)10-2-4-14-12(8-10)18-15(21)24-14/h1-4,7-8,20H,5-6H2,(H,18,21). The third-order valence-corrected chi connectivity index (χ3v) is 5.27. The van der Waals surface area contributed by atoms with Crippen molar-refractivity contribution in [2.24, 2.45) is 0 Å². The molecule has 7 nitrogen and oxygen atoms in total. The maximum absolute atomic E-state index is 14.0. The monoisotopic (exact) mass is 370 g/mol. The van der Waals surface area contributed by atoms with Crippen LogP contribution in [0.15, 0.2) is 50.5 Å². The molecule has 0 fully saturated rings. The molecule has 3 aromatic rings. The average Bonchev–Trinajstić information content (AvgIpc) is 2.92. The highest BCUT2D eigenvalue weighted by Crippen LogP contribution is 2.27. The van der Waals surface area contributed by atoms with Crippen molar-refractivity contribution in [3.8, 4) is 0 Å². The number of oxazole rings is 1. The van der Waals surface area contributed by atoms with E-state index >= 15 is 0 Å². The first-order valence-corrected chi connectivity index (χ1v) is 8.48. The topological polar surface area (TPSA) is 104 Å². The molecule has 25 heavy (non-hydrogen) atoms. The fraction of sp³-hybridized carbons (Fsp3) is 0.133. The molecule has 0 aliphatic heterocycles. The third kappa shape index (κ3) is 3.13. The number of hydrogen-bond donors (Lipinski definition) is 2. The minimum atomic E-state index is -4.29. The van der Waals surface area contributed by atoms with E-state index in [2.05, 4.69) is 4.98 Å². The number of rotatable bonds is 5. The fourth-order valence-electron chi connectivity index (χ4n) is 2.36. The summed E-state index contributed by atoms with van der Waals surface area (Å²) in [7, 11) is -4.29. The van der Waals surface area contributed by atoms with E-state index < -0.39 is 46.3 Å². The summed E-state index contributed by atoms with van der Waals surface area (Å²) in [4.78, 5) is 13.3. The predicted octanol–water partition coefficient (Wildman–Crippen LogP) is 1.59. The van der Waals surface area contributed by atoms with Crippen LogP contribution in [0.1, 0.15) is 0 Å². The lowest BCUT2D eigenvalue weighted by Crippen LogP contribution is -2.34. The summed E-state index contributed by atoms with van der Waals surface area (Å²) in [5, 5.41) is 9.16. The first-order chi connectivity index (χ1) is 11.8. The summed E-state index contributed by atoms with van der Waals surface area (Å²) < 4.78 is 58.2. The van der Waals surface area contributed by atoms with Crippen molar-refractivity contribution in [1.29, 1.82) is 0 Å². The van der Waals surface area contributed by atoms with Gasteiger partial charge < -0.3 is 9.52 Å². The van der Waals surface area contributed by atoms with Gasteiger partial charge in [0.05, 0.1) is 29.3 Å². The minimum Gasteiger partial charge on any atom is -0.408 e. The van der Waals surface area contributed by atoms with E-state index in [9.17, 15) is 22.0 Å². The van der Waals surface area contributed by atoms with Crippen molar-refractivity contribution in [3.63, 3.8) is 0 Å². The Kier molecular flexibility index (Phi) is 4.31. The molecule has 2 aromatic carbocycles. The van der Waals surface area contributed by atoms with Crippen molar-refractivity contribution in [1.82, 2.24) is 4.98 Å². The van der Waals surface area contributed by atoms with Crippen molar-refractivity contribution >= 4 is 26.8 Å². The van der Waals surface area contributed by atoms with Crippen molar-refractivity contribution in [2.45, 2.75) is 4.90 Å². The van der Waals surface area contributed by atoms with Crippen LogP contribution in [0.25, 0.3) is 11.1 Å². The lowest BCUT2D eigenvalue weighted by Gasteiger charge is -2.24. The van der Waals surface area contributed by atoms with Crippen LogP contribution in [0.4, 0.5) is 14.5 Å². The zero-order valence-corrected chi connectivity index (χ0v) is 13.4. The number of aliphatic hydroxyl groups is 1. The van der Waals surface area contributed by atoms with Gasteiger partial charge in [0.25, 0.3) is 10.0 Å². The SMILES string of the molecule is O=c1[nH]c2cc(S(=O)(=O)N(CCO)c3ccc(F)cc3F)ccc2o1. The summed E-state index contributed by atoms with van der Waals surface area (Å²) >= 11 is 0. The highest BCUT2D eigenvalue weighted by Gasteiger charge is 2.27. The number of hydrogen-bond acceptors (Lipinski definition) is 5. The first-order valence-electron chi connectivity index (χ1n) is 7.04. The molecule has 1 aromatic heterocycles. The Bertz CT molecular complexity index is 1090. The summed E-state index contributed by atoms with van der Waals surface area (Å²) in [6, 6.07) is 6.04. The van der Waals surface area contributed by atoms with Crippen molar-refractivity contribution in [2.75, 3.05) is 17.5 Å². The van der Waals surface area contributed by atoms with Crippen LogP contribution < -0.4 is 10.1 Å². The van der Waals surface area contributed by atoms with Crippen molar-refractivity contribution < 1.29 is 26.7 Å². The van der Waals surface area contributed by atoms with Gasteiger partial charge in [-0.25, -0.2) is 22.0 Å². The van der Waals surface area contributed by atoms with E-state index in [1.54, 1.807) is 0 Å². The van der Waals surface area contributed by atoms with E-state index in [4.69, 9.17) is 9.52 Å². The Morgan fingerprint density at radius 1 is 1.16 bits per heavy atom. The van der Waals surface area contributed by atoms with Gasteiger partial charge in [0.15, 0.2) is 5.58 Å². The van der Waals surface area contributed by atoms with Gasteiger partial charge >= 0.3 is 5.76 Å². The number of anilines is 1. The number of benzene rings is 2. The summed E-state index contributed by atoms with van der Waals surface area (Å²) in [6.07, 6.45) is 0. The number of aromatic nitrogens is 1. The molecule has 0 aliphatic carbocycles. The molecule has 0 aliphatic rings. The maximum atomic E-state index is 14.0. The van der Waals surface area contributed by atoms with Gasteiger partial charge in [-0.2, -0.15) is 0 Å². The van der Waals surface area contributed by atoms with E-state index in [1.807, 2.05) is 0 Å². The van der Waals surface area contributed by atoms with Gasteiger partial charge in [-0.1, -0.05) is 0 Å². The fourth-order valence-corrected chi connectivity index (χ4v) is 3.85. The smallest absolute Gasteiger partial charge is 0.408 e. The summed E-state index contributed by atoms with van der Waals surface area (Å²) in [5.74, 6) is -2.70. The number of halogens is 2. The Balaban J connectivity index is 2.13. The van der Waals surface area contributed by atoms with E-state index in [-0.39, 0.29) is 16.0 Å². The molecule has 0 spiro atoms. The molecule has 0 atom stereocenters. The van der Waals surface area contributed by atoms with Gasteiger partial charge in [0, 0.05) is 6.07 Å². The summed E-state index contributed by atoms with van der Waals surface area (Å²) in [6.45, 7) is -1.02. The number of H-pyrrole nitrogens is 1. The Labute approximate surface area is 140 Å². The summed E-state index contributed by atoms with van der Waals surface area (Å²) in [5.41, 5.74) is -0.101. The van der Waals surface area contributed by atoms with Gasteiger partial charge in [-0.3, -0.25) is 9.29 Å². The molecule has 1 heterocycles. The molecule has 0 amide bonds. The van der Waals surface area contributed by atoms with Crippen LogP contribution in [0.2, 0.25) is 0 Å². The molecule has 0 radical (unpaired) electrons. The number of nitrogens with one attached hydrogen (secondary N) is 1. The first kappa shape index (κ1) is 17.1. The van der Waals surface area contributed by atoms with E-state index in [1.165, 1.54) is 12.1 Å². The molecule has 0 unspecified atom stereocenters. The highest BCUT2D eigenvalue weighted by atomic mass is 32.2. The normalized spacial score (nSPS) is 11.8. The van der Waals surface area contributed by atoms with Crippen molar-refractivity contribution in [3.05, 3.63) is 58.6 Å².